The second-order valence-electron chi connectivity index (χ2n) is 5.62. The Kier molecular flexibility index (Phi) is 6.03. The molecule has 0 bridgehead atoms. The Morgan fingerprint density at radius 1 is 1.12 bits per heavy atom. The van der Waals surface area contributed by atoms with Crippen LogP contribution >= 0.6 is 46.6 Å². The lowest BCUT2D eigenvalue weighted by atomic mass is 10.1. The number of rotatable bonds is 3. The summed E-state index contributed by atoms with van der Waals surface area (Å²) in [6.07, 6.45) is 0. The maximum Gasteiger partial charge on any atom is 0.329 e. The van der Waals surface area contributed by atoms with Gasteiger partial charge in [0.15, 0.2) is 0 Å². The van der Waals surface area contributed by atoms with E-state index in [4.69, 9.17) is 39.5 Å². The van der Waals surface area contributed by atoms with Gasteiger partial charge in [0.25, 0.3) is 5.91 Å². The van der Waals surface area contributed by atoms with Crippen molar-refractivity contribution in [1.29, 1.82) is 0 Å². The molecule has 0 spiro atoms. The fourth-order valence-electron chi connectivity index (χ4n) is 2.77. The molecule has 2 atom stereocenters. The summed E-state index contributed by atoms with van der Waals surface area (Å²) in [7, 11) is 1.31. The van der Waals surface area contributed by atoms with Crippen LogP contribution in [0.15, 0.2) is 42.5 Å². The standard InChI is InChI=1S/C18H14Cl3NO3S/c1-25-18(24)15-9-26-17(11-3-2-4-12(19)7-11)22(15)16(23)10-5-6-13(20)14(21)8-10/h2-8,15,17H,9H2,1H3. The zero-order valence-corrected chi connectivity index (χ0v) is 16.7. The van der Waals surface area contributed by atoms with Gasteiger partial charge in [-0.3, -0.25) is 4.79 Å². The van der Waals surface area contributed by atoms with E-state index in [0.29, 0.717) is 21.4 Å². The second-order valence-corrected chi connectivity index (χ2v) is 7.98. The minimum atomic E-state index is -0.698. The molecule has 1 heterocycles. The highest BCUT2D eigenvalue weighted by atomic mass is 35.5. The van der Waals surface area contributed by atoms with Crippen LogP contribution in [0.2, 0.25) is 15.1 Å². The highest BCUT2D eigenvalue weighted by Gasteiger charge is 2.43. The molecule has 1 aliphatic rings. The summed E-state index contributed by atoms with van der Waals surface area (Å²) in [5.41, 5.74) is 1.19. The predicted octanol–water partition coefficient (Wildman–Crippen LogP) is 5.08. The number of esters is 1. The number of hydrogen-bond acceptors (Lipinski definition) is 4. The number of carbonyl (C=O) groups is 2. The van der Waals surface area contributed by atoms with Crippen molar-refractivity contribution in [3.05, 3.63) is 68.7 Å². The van der Waals surface area contributed by atoms with Crippen LogP contribution in [-0.2, 0) is 9.53 Å². The summed E-state index contributed by atoms with van der Waals surface area (Å²) in [5.74, 6) is -0.360. The molecule has 3 rings (SSSR count). The van der Waals surface area contributed by atoms with Crippen LogP contribution in [0.25, 0.3) is 0 Å². The van der Waals surface area contributed by atoms with Crippen LogP contribution in [0.5, 0.6) is 0 Å². The molecule has 136 valence electrons. The summed E-state index contributed by atoms with van der Waals surface area (Å²) < 4.78 is 4.88. The molecule has 0 saturated carbocycles. The van der Waals surface area contributed by atoms with Crippen molar-refractivity contribution >= 4 is 58.4 Å². The van der Waals surface area contributed by atoms with E-state index in [1.807, 2.05) is 12.1 Å². The molecule has 26 heavy (non-hydrogen) atoms. The van der Waals surface area contributed by atoms with Crippen molar-refractivity contribution in [3.63, 3.8) is 0 Å². The van der Waals surface area contributed by atoms with Gasteiger partial charge in [-0.25, -0.2) is 4.79 Å². The molecule has 0 aliphatic carbocycles. The Morgan fingerprint density at radius 3 is 2.54 bits per heavy atom. The van der Waals surface area contributed by atoms with E-state index in [9.17, 15) is 9.59 Å². The van der Waals surface area contributed by atoms with Crippen LogP contribution in [0.1, 0.15) is 21.3 Å². The van der Waals surface area contributed by atoms with E-state index in [2.05, 4.69) is 0 Å². The van der Waals surface area contributed by atoms with Crippen LogP contribution in [0, 0.1) is 0 Å². The lowest BCUT2D eigenvalue weighted by molar-refractivity contribution is -0.145. The summed E-state index contributed by atoms with van der Waals surface area (Å²) in [6.45, 7) is 0. The third kappa shape index (κ3) is 3.81. The summed E-state index contributed by atoms with van der Waals surface area (Å²) in [4.78, 5) is 26.9. The molecular weight excluding hydrogens is 417 g/mol. The molecule has 0 N–H and O–H groups in total. The Bertz CT molecular complexity index is 861. The lowest BCUT2D eigenvalue weighted by Gasteiger charge is -2.28. The number of methoxy groups -OCH3 is 1. The van der Waals surface area contributed by atoms with Gasteiger partial charge in [-0.15, -0.1) is 11.8 Å². The Balaban J connectivity index is 2.01. The van der Waals surface area contributed by atoms with Crippen molar-refractivity contribution in [1.82, 2.24) is 4.90 Å². The van der Waals surface area contributed by atoms with Crippen molar-refractivity contribution in [3.8, 4) is 0 Å². The maximum absolute atomic E-state index is 13.2. The predicted molar refractivity (Wildman–Crippen MR) is 105 cm³/mol. The minimum Gasteiger partial charge on any atom is -0.467 e. The molecule has 2 aromatic rings. The Labute approximate surface area is 170 Å². The van der Waals surface area contributed by atoms with Crippen molar-refractivity contribution in [2.45, 2.75) is 11.4 Å². The van der Waals surface area contributed by atoms with E-state index in [-0.39, 0.29) is 16.3 Å². The minimum absolute atomic E-state index is 0.276. The van der Waals surface area contributed by atoms with Crippen molar-refractivity contribution < 1.29 is 14.3 Å². The highest BCUT2D eigenvalue weighted by Crippen LogP contribution is 2.43. The van der Waals surface area contributed by atoms with Gasteiger partial charge in [-0.05, 0) is 35.9 Å². The molecule has 1 saturated heterocycles. The van der Waals surface area contributed by atoms with Gasteiger partial charge in [0.05, 0.1) is 17.2 Å². The van der Waals surface area contributed by atoms with E-state index in [1.54, 1.807) is 24.3 Å². The summed E-state index contributed by atoms with van der Waals surface area (Å²) in [6, 6.07) is 11.2. The van der Waals surface area contributed by atoms with E-state index in [1.165, 1.54) is 29.8 Å². The fraction of sp³-hybridized carbons (Fsp3) is 0.222. The molecule has 1 fully saturated rings. The number of thioether (sulfide) groups is 1. The monoisotopic (exact) mass is 429 g/mol. The molecule has 1 amide bonds. The average molecular weight is 431 g/mol. The first-order chi connectivity index (χ1) is 12.4. The largest absolute Gasteiger partial charge is 0.467 e. The SMILES string of the molecule is COC(=O)C1CSC(c2cccc(Cl)c2)N1C(=O)c1ccc(Cl)c(Cl)c1. The highest BCUT2D eigenvalue weighted by molar-refractivity contribution is 7.99. The number of ether oxygens (including phenoxy) is 1. The molecule has 4 nitrogen and oxygen atoms in total. The first-order valence-corrected chi connectivity index (χ1v) is 9.83. The van der Waals surface area contributed by atoms with E-state index >= 15 is 0 Å². The first kappa shape index (κ1) is 19.4. The zero-order valence-electron chi connectivity index (χ0n) is 13.6. The number of halogens is 3. The topological polar surface area (TPSA) is 46.6 Å². The van der Waals surface area contributed by atoms with Crippen LogP contribution in [0.3, 0.4) is 0 Å². The van der Waals surface area contributed by atoms with Gasteiger partial charge in [0.2, 0.25) is 0 Å². The molecular formula is C18H14Cl3NO3S. The van der Waals surface area contributed by atoms with Gasteiger partial charge in [0.1, 0.15) is 11.4 Å². The smallest absolute Gasteiger partial charge is 0.329 e. The second kappa shape index (κ2) is 8.09. The molecule has 2 aromatic carbocycles. The quantitative estimate of drug-likeness (QED) is 0.637. The molecule has 0 radical (unpaired) electrons. The third-order valence-corrected chi connectivity index (χ3v) is 6.31. The third-order valence-electron chi connectivity index (χ3n) is 4.01. The van der Waals surface area contributed by atoms with Crippen molar-refractivity contribution in [2.24, 2.45) is 0 Å². The normalized spacial score (nSPS) is 19.5. The molecule has 8 heteroatoms. The fourth-order valence-corrected chi connectivity index (χ4v) is 4.67. The van der Waals surface area contributed by atoms with Gasteiger partial charge in [-0.1, -0.05) is 46.9 Å². The first-order valence-electron chi connectivity index (χ1n) is 7.65. The summed E-state index contributed by atoms with van der Waals surface area (Å²) >= 11 is 19.6. The summed E-state index contributed by atoms with van der Waals surface area (Å²) in [5, 5.41) is 0.833. The number of nitrogens with zero attached hydrogens (tertiary/aromatic N) is 1. The van der Waals surface area contributed by atoms with E-state index < -0.39 is 12.0 Å². The van der Waals surface area contributed by atoms with Gasteiger partial charge in [0, 0.05) is 16.3 Å². The zero-order chi connectivity index (χ0) is 18.8. The number of benzene rings is 2. The average Bonchev–Trinajstić information content (AvgIpc) is 3.07. The van der Waals surface area contributed by atoms with Crippen LogP contribution in [-0.4, -0.2) is 35.7 Å². The molecule has 0 aromatic heterocycles. The maximum atomic E-state index is 13.2. The van der Waals surface area contributed by atoms with Gasteiger partial charge < -0.3 is 9.64 Å². The van der Waals surface area contributed by atoms with Gasteiger partial charge >= 0.3 is 5.97 Å². The molecule has 1 aliphatic heterocycles. The Morgan fingerprint density at radius 2 is 1.88 bits per heavy atom. The van der Waals surface area contributed by atoms with Crippen LogP contribution < -0.4 is 0 Å². The van der Waals surface area contributed by atoms with Gasteiger partial charge in [-0.2, -0.15) is 0 Å². The molecule has 2 unspecified atom stereocenters. The Hall–Kier alpha value is -1.40. The van der Waals surface area contributed by atoms with Crippen LogP contribution in [0.4, 0.5) is 0 Å². The number of amides is 1. The number of carbonyl (C=O) groups excluding carboxylic acids is 2. The lowest BCUT2D eigenvalue weighted by Crippen LogP contribution is -2.43. The number of hydrogen-bond donors (Lipinski definition) is 0. The van der Waals surface area contributed by atoms with Crippen molar-refractivity contribution in [2.75, 3.05) is 12.9 Å². The van der Waals surface area contributed by atoms with E-state index in [0.717, 1.165) is 5.56 Å².